The molecule has 0 radical (unpaired) electrons. The molecule has 202 valence electrons. The number of aryl methyl sites for hydroxylation is 4. The standard InChI is InChI=1S/C14H16N4.C13H14N4O.CH2O2/c1-4-15-13-9-12(7-5-10(13)2)16-14-8-6-11(3)17-18-14;1-8-7-17(16-12(8)6-14)13-11(10(3)18)5-4-9(2)15-13;2-1-3/h4-9H,1-3H3,(H,16,18);4-5,7,10,18H,1-3H3;1H,(H,2,3). The van der Waals surface area contributed by atoms with E-state index in [9.17, 15) is 5.11 Å². The van der Waals surface area contributed by atoms with Crippen molar-refractivity contribution in [1.82, 2.24) is 25.0 Å². The summed E-state index contributed by atoms with van der Waals surface area (Å²) in [6.07, 6.45) is 2.90. The molecule has 11 heteroatoms. The summed E-state index contributed by atoms with van der Waals surface area (Å²) in [5.74, 6) is 1.30. The molecule has 1 atom stereocenters. The Kier molecular flexibility index (Phi) is 11.4. The molecule has 11 nitrogen and oxygen atoms in total. The number of pyridine rings is 1. The molecular weight excluding hydrogens is 496 g/mol. The lowest BCUT2D eigenvalue weighted by Gasteiger charge is -2.11. The van der Waals surface area contributed by atoms with E-state index in [1.165, 1.54) is 0 Å². The molecule has 0 saturated heterocycles. The van der Waals surface area contributed by atoms with Crippen LogP contribution in [0.25, 0.3) is 5.82 Å². The Morgan fingerprint density at radius 1 is 1.05 bits per heavy atom. The molecule has 0 aliphatic rings. The van der Waals surface area contributed by atoms with Gasteiger partial charge in [0.05, 0.1) is 17.5 Å². The normalized spacial score (nSPS) is 10.9. The van der Waals surface area contributed by atoms with Crippen molar-refractivity contribution in [2.75, 3.05) is 5.32 Å². The summed E-state index contributed by atoms with van der Waals surface area (Å²) in [6, 6.07) is 15.6. The third-order valence-corrected chi connectivity index (χ3v) is 5.26. The number of aliphatic hydroxyl groups excluding tert-OH is 1. The van der Waals surface area contributed by atoms with Gasteiger partial charge in [-0.05, 0) is 77.4 Å². The minimum absolute atomic E-state index is 0.250. The molecule has 0 spiro atoms. The lowest BCUT2D eigenvalue weighted by molar-refractivity contribution is -0.122. The van der Waals surface area contributed by atoms with Crippen LogP contribution in [0.4, 0.5) is 17.2 Å². The molecule has 3 aromatic heterocycles. The zero-order valence-corrected chi connectivity index (χ0v) is 22.8. The molecule has 0 aliphatic heterocycles. The SMILES string of the molecule is CC=Nc1cc(Nc2ccc(C)nn2)ccc1C.Cc1ccc(C(C)O)c(-n2cc(C)c(C#N)n2)n1.O=CO. The number of nitrogens with one attached hydrogen (secondary N) is 1. The van der Waals surface area contributed by atoms with Crippen molar-refractivity contribution >= 4 is 29.9 Å². The highest BCUT2D eigenvalue weighted by atomic mass is 16.3. The maximum absolute atomic E-state index is 9.74. The number of nitriles is 1. The molecule has 0 saturated carbocycles. The largest absolute Gasteiger partial charge is 0.483 e. The van der Waals surface area contributed by atoms with E-state index >= 15 is 0 Å². The van der Waals surface area contributed by atoms with Crippen molar-refractivity contribution < 1.29 is 15.0 Å². The van der Waals surface area contributed by atoms with E-state index in [-0.39, 0.29) is 6.47 Å². The summed E-state index contributed by atoms with van der Waals surface area (Å²) < 4.78 is 1.54. The Bertz CT molecular complexity index is 1450. The molecule has 0 aliphatic carbocycles. The number of carbonyl (C=O) groups is 1. The average Bonchev–Trinajstić information content (AvgIpc) is 3.28. The lowest BCUT2D eigenvalue weighted by atomic mass is 10.1. The zero-order valence-electron chi connectivity index (χ0n) is 22.8. The highest BCUT2D eigenvalue weighted by molar-refractivity contribution is 5.68. The second-order valence-corrected chi connectivity index (χ2v) is 8.44. The van der Waals surface area contributed by atoms with Crippen LogP contribution in [-0.2, 0) is 4.79 Å². The molecule has 0 amide bonds. The fraction of sp³-hybridized carbons (Fsp3) is 0.250. The predicted octanol–water partition coefficient (Wildman–Crippen LogP) is 5.07. The van der Waals surface area contributed by atoms with Crippen LogP contribution in [-0.4, -0.2) is 47.9 Å². The predicted molar refractivity (Wildman–Crippen MR) is 150 cm³/mol. The van der Waals surface area contributed by atoms with Crippen LogP contribution in [0.3, 0.4) is 0 Å². The fourth-order valence-corrected chi connectivity index (χ4v) is 3.32. The second kappa shape index (κ2) is 14.7. The molecule has 3 heterocycles. The minimum atomic E-state index is -0.636. The summed E-state index contributed by atoms with van der Waals surface area (Å²) in [4.78, 5) is 17.1. The molecule has 1 aromatic carbocycles. The minimum Gasteiger partial charge on any atom is -0.483 e. The zero-order chi connectivity index (χ0) is 28.9. The van der Waals surface area contributed by atoms with Gasteiger partial charge in [-0.3, -0.25) is 9.79 Å². The van der Waals surface area contributed by atoms with Crippen molar-refractivity contribution in [2.45, 2.75) is 47.6 Å². The molecule has 4 rings (SSSR count). The molecular formula is C28H32N8O3. The van der Waals surface area contributed by atoms with E-state index in [2.05, 4.69) is 30.6 Å². The summed E-state index contributed by atoms with van der Waals surface area (Å²) in [5, 5.41) is 41.0. The van der Waals surface area contributed by atoms with Gasteiger partial charge in [-0.1, -0.05) is 12.1 Å². The highest BCUT2D eigenvalue weighted by Crippen LogP contribution is 2.24. The van der Waals surface area contributed by atoms with Gasteiger partial charge < -0.3 is 15.5 Å². The van der Waals surface area contributed by atoms with Crippen molar-refractivity contribution in [3.05, 3.63) is 82.4 Å². The van der Waals surface area contributed by atoms with Crippen molar-refractivity contribution in [2.24, 2.45) is 4.99 Å². The van der Waals surface area contributed by atoms with Crippen LogP contribution in [0.2, 0.25) is 0 Å². The van der Waals surface area contributed by atoms with E-state index in [4.69, 9.17) is 15.2 Å². The smallest absolute Gasteiger partial charge is 0.290 e. The van der Waals surface area contributed by atoms with Gasteiger partial charge >= 0.3 is 0 Å². The van der Waals surface area contributed by atoms with Crippen molar-refractivity contribution in [3.8, 4) is 11.9 Å². The van der Waals surface area contributed by atoms with E-state index in [0.717, 1.165) is 39.7 Å². The number of hydrogen-bond donors (Lipinski definition) is 3. The first-order valence-corrected chi connectivity index (χ1v) is 12.0. The monoisotopic (exact) mass is 528 g/mol. The molecule has 0 fully saturated rings. The Balaban J connectivity index is 0.000000249. The van der Waals surface area contributed by atoms with Crippen LogP contribution < -0.4 is 5.32 Å². The summed E-state index contributed by atoms with van der Waals surface area (Å²) >= 11 is 0. The van der Waals surface area contributed by atoms with E-state index in [0.29, 0.717) is 17.1 Å². The number of aliphatic hydroxyl groups is 1. The summed E-state index contributed by atoms with van der Waals surface area (Å²) in [6.45, 7) is 11.0. The lowest BCUT2D eigenvalue weighted by Crippen LogP contribution is -2.07. The highest BCUT2D eigenvalue weighted by Gasteiger charge is 2.14. The number of hydrogen-bond acceptors (Lipinski definition) is 9. The number of nitrogens with zero attached hydrogens (tertiary/aromatic N) is 7. The number of aliphatic imine (C=N–C) groups is 1. The van der Waals surface area contributed by atoms with Crippen molar-refractivity contribution in [1.29, 1.82) is 5.26 Å². The Morgan fingerprint density at radius 2 is 1.74 bits per heavy atom. The molecule has 4 aromatic rings. The van der Waals surface area contributed by atoms with Gasteiger partial charge in [-0.2, -0.15) is 15.5 Å². The van der Waals surface area contributed by atoms with E-state index in [1.807, 2.05) is 83.2 Å². The first kappa shape index (κ1) is 30.3. The molecule has 39 heavy (non-hydrogen) atoms. The average molecular weight is 529 g/mol. The summed E-state index contributed by atoms with van der Waals surface area (Å²) in [5.41, 5.74) is 6.65. The third-order valence-electron chi connectivity index (χ3n) is 5.26. The second-order valence-electron chi connectivity index (χ2n) is 8.44. The topological polar surface area (TPSA) is 162 Å². The number of aromatic nitrogens is 5. The van der Waals surface area contributed by atoms with E-state index in [1.54, 1.807) is 24.0 Å². The maximum Gasteiger partial charge on any atom is 0.290 e. The fourth-order valence-electron chi connectivity index (χ4n) is 3.32. The van der Waals surface area contributed by atoms with E-state index < -0.39 is 6.10 Å². The van der Waals surface area contributed by atoms with Gasteiger partial charge in [0.2, 0.25) is 0 Å². The van der Waals surface area contributed by atoms with Crippen molar-refractivity contribution in [3.63, 3.8) is 0 Å². The number of carboxylic acid groups (broad SMARTS) is 1. The number of benzene rings is 1. The molecule has 0 bridgehead atoms. The van der Waals surface area contributed by atoms with Crippen LogP contribution in [0, 0.1) is 39.0 Å². The number of anilines is 2. The van der Waals surface area contributed by atoms with Gasteiger partial charge in [0.1, 0.15) is 6.07 Å². The number of rotatable bonds is 5. The Hall–Kier alpha value is -4.95. The molecule has 1 unspecified atom stereocenters. The van der Waals surface area contributed by atoms with Crippen LogP contribution in [0.1, 0.15) is 53.7 Å². The summed E-state index contributed by atoms with van der Waals surface area (Å²) in [7, 11) is 0. The van der Waals surface area contributed by atoms with Crippen LogP contribution in [0.5, 0.6) is 0 Å². The van der Waals surface area contributed by atoms with Gasteiger partial charge in [0.15, 0.2) is 17.3 Å². The quantitative estimate of drug-likeness (QED) is 0.237. The Morgan fingerprint density at radius 3 is 2.31 bits per heavy atom. The first-order chi connectivity index (χ1) is 18.6. The Labute approximate surface area is 227 Å². The first-order valence-electron chi connectivity index (χ1n) is 12.0. The maximum atomic E-state index is 9.74. The third kappa shape index (κ3) is 8.84. The van der Waals surface area contributed by atoms with Crippen LogP contribution >= 0.6 is 0 Å². The van der Waals surface area contributed by atoms with Crippen LogP contribution in [0.15, 0.2) is 53.7 Å². The van der Waals surface area contributed by atoms with Gasteiger partial charge in [0.25, 0.3) is 6.47 Å². The van der Waals surface area contributed by atoms with Gasteiger partial charge in [-0.25, -0.2) is 9.67 Å². The van der Waals surface area contributed by atoms with Gasteiger partial charge in [0, 0.05) is 34.9 Å². The molecule has 3 N–H and O–H groups in total. The van der Waals surface area contributed by atoms with Gasteiger partial charge in [-0.15, -0.1) is 5.10 Å².